The van der Waals surface area contributed by atoms with E-state index in [-0.39, 0.29) is 58.4 Å². The summed E-state index contributed by atoms with van der Waals surface area (Å²) in [5, 5.41) is 27.3. The van der Waals surface area contributed by atoms with Crippen LogP contribution in [0.15, 0.2) is 262 Å². The van der Waals surface area contributed by atoms with Gasteiger partial charge in [0.1, 0.15) is 0 Å². The van der Waals surface area contributed by atoms with Gasteiger partial charge in [0, 0.05) is 214 Å². The largest absolute Gasteiger partial charge is 0.379 e. The minimum Gasteiger partial charge on any atom is -0.379 e. The summed E-state index contributed by atoms with van der Waals surface area (Å²) in [7, 11) is -14.6. The van der Waals surface area contributed by atoms with Crippen LogP contribution < -0.4 is 39.5 Å². The first-order chi connectivity index (χ1) is 68.3. The number of aromatic nitrogens is 2. The van der Waals surface area contributed by atoms with Crippen molar-refractivity contribution in [2.24, 2.45) is 11.8 Å². The molecule has 0 spiro atoms. The Kier molecular flexibility index (Phi) is 33.1. The second-order valence-electron chi connectivity index (χ2n) is 37.8. The lowest BCUT2D eigenvalue weighted by Gasteiger charge is -2.37. The molecule has 6 aliphatic rings. The number of nitrogens with zero attached hydrogens (tertiary/aromatic N) is 12. The molecule has 0 N–H and O–H groups in total. The molecule has 0 amide bonds. The molecule has 34 heteroatoms. The fourth-order valence-corrected chi connectivity index (χ4v) is 30.0. The van der Waals surface area contributed by atoms with Crippen molar-refractivity contribution >= 4 is 138 Å². The van der Waals surface area contributed by atoms with Gasteiger partial charge in [-0.25, -0.2) is 16.8 Å². The SMILES string of the molecule is Cc1c(S(C)(=O)=O)c(-c2cccc(N3CCN(c4ccc(N5CCO[P@@]5(=O)c5ccc(C[C@H](CCN6CCOCC6)CSc6ccccc6)c([N+](=O)[O-])c5)cc4)CC3)c2)c(-c2ccc(Cl)cc2)n1C(C)C.Cc1c(S(C)(=O)=O)c(-c2cccc(N3CCN(c4ccc(N5CCO[P@]5(=O)c5ccc(C[C@H](CCN6CCOCC6)CSc6ccccc6)c([N+](=O)[O-])c5)cc4)CC3)c2)c(-c2ccc(Cl)cc2)n1C(C)C. The molecule has 10 aromatic carbocycles. The van der Waals surface area contributed by atoms with E-state index in [4.69, 9.17) is 41.7 Å². The van der Waals surface area contributed by atoms with E-state index in [2.05, 4.69) is 115 Å². The Labute approximate surface area is 852 Å². The minimum atomic E-state index is -3.67. The van der Waals surface area contributed by atoms with E-state index in [1.807, 2.05) is 172 Å². The van der Waals surface area contributed by atoms with Crippen LogP contribution in [-0.4, -0.2) is 214 Å². The number of morpholine rings is 2. The number of rotatable bonds is 34. The van der Waals surface area contributed by atoms with Crippen LogP contribution >= 0.6 is 61.8 Å². The van der Waals surface area contributed by atoms with E-state index in [9.17, 15) is 46.2 Å². The number of halogens is 2. The Bertz CT molecular complexity index is 6400. The number of ether oxygens (including phenoxy) is 2. The van der Waals surface area contributed by atoms with Gasteiger partial charge in [-0.3, -0.25) is 48.5 Å². The summed E-state index contributed by atoms with van der Waals surface area (Å²) in [6.07, 6.45) is 5.42. The topological polar surface area (TPSA) is 261 Å². The molecule has 6 aliphatic heterocycles. The number of hydrogen-bond donors (Lipinski definition) is 0. The van der Waals surface area contributed by atoms with Gasteiger partial charge in [-0.05, 0) is 248 Å². The Morgan fingerprint density at radius 1 is 0.387 bits per heavy atom. The maximum absolute atomic E-state index is 14.9. The van der Waals surface area contributed by atoms with Crippen molar-refractivity contribution in [3.63, 3.8) is 0 Å². The zero-order valence-corrected chi connectivity index (χ0v) is 88.1. The van der Waals surface area contributed by atoms with Crippen molar-refractivity contribution < 1.29 is 54.3 Å². The van der Waals surface area contributed by atoms with Crippen molar-refractivity contribution in [1.29, 1.82) is 0 Å². The smallest absolute Gasteiger partial charge is 0.326 e. The van der Waals surface area contributed by atoms with Gasteiger partial charge in [0.15, 0.2) is 19.7 Å². The van der Waals surface area contributed by atoms with Crippen LogP contribution in [0, 0.1) is 45.9 Å². The van der Waals surface area contributed by atoms with Gasteiger partial charge in [-0.1, -0.05) is 120 Å². The molecule has 12 aromatic rings. The Hall–Kier alpha value is -10.2. The molecular weight excluding hydrogens is 1950 g/mol. The highest BCUT2D eigenvalue weighted by Gasteiger charge is 2.44. The highest BCUT2D eigenvalue weighted by Crippen LogP contribution is 2.58. The first-order valence-corrected chi connectivity index (χ1v) is 58.4. The van der Waals surface area contributed by atoms with E-state index in [1.54, 1.807) is 57.1 Å². The van der Waals surface area contributed by atoms with E-state index in [0.29, 0.717) is 90.0 Å². The normalized spacial score (nSPS) is 18.4. The molecule has 0 radical (unpaired) electrons. The van der Waals surface area contributed by atoms with Crippen LogP contribution in [0.5, 0.6) is 0 Å². The maximum atomic E-state index is 14.9. The average molecular weight is 2080 g/mol. The van der Waals surface area contributed by atoms with Crippen LogP contribution in [0.4, 0.5) is 45.5 Å². The summed E-state index contributed by atoms with van der Waals surface area (Å²) in [6, 6.07) is 78.0. The molecule has 748 valence electrons. The zero-order chi connectivity index (χ0) is 99.7. The second kappa shape index (κ2) is 45.6. The molecule has 2 aromatic heterocycles. The maximum Gasteiger partial charge on any atom is 0.326 e. The highest BCUT2D eigenvalue weighted by molar-refractivity contribution is 7.99. The van der Waals surface area contributed by atoms with Crippen LogP contribution in [0.3, 0.4) is 0 Å². The molecule has 26 nitrogen and oxygen atoms in total. The number of nitro benzene ring substituents is 2. The summed E-state index contributed by atoms with van der Waals surface area (Å²) in [6.45, 7) is 27.5. The zero-order valence-electron chi connectivity index (χ0n) is 81.6. The third kappa shape index (κ3) is 23.6. The molecule has 4 atom stereocenters. The van der Waals surface area contributed by atoms with Crippen molar-refractivity contribution in [3.8, 4) is 44.8 Å². The molecule has 142 heavy (non-hydrogen) atoms. The summed E-state index contributed by atoms with van der Waals surface area (Å²) >= 11 is 16.2. The van der Waals surface area contributed by atoms with Gasteiger partial charge >= 0.3 is 15.0 Å². The van der Waals surface area contributed by atoms with Crippen LogP contribution in [0.1, 0.15) is 75.1 Å². The quantitative estimate of drug-likeness (QED) is 0.0157. The highest BCUT2D eigenvalue weighted by atomic mass is 35.5. The van der Waals surface area contributed by atoms with Gasteiger partial charge < -0.3 is 47.3 Å². The first kappa shape index (κ1) is 103. The van der Waals surface area contributed by atoms with Crippen LogP contribution in [0.2, 0.25) is 10.0 Å². The number of thioether (sulfide) groups is 2. The van der Waals surface area contributed by atoms with E-state index < -0.39 is 34.7 Å². The van der Waals surface area contributed by atoms with Crippen LogP contribution in [0.25, 0.3) is 44.8 Å². The third-order valence-electron chi connectivity index (χ3n) is 27.7. The Morgan fingerprint density at radius 3 is 1.06 bits per heavy atom. The van der Waals surface area contributed by atoms with Crippen molar-refractivity contribution in [2.45, 2.75) is 98.9 Å². The van der Waals surface area contributed by atoms with E-state index >= 15 is 0 Å². The number of sulfone groups is 2. The molecule has 0 unspecified atom stereocenters. The number of hydrogen-bond acceptors (Lipinski definition) is 22. The lowest BCUT2D eigenvalue weighted by atomic mass is 9.96. The van der Waals surface area contributed by atoms with E-state index in [1.165, 1.54) is 34.4 Å². The van der Waals surface area contributed by atoms with Crippen molar-refractivity contribution in [3.05, 3.63) is 295 Å². The molecule has 0 saturated carbocycles. The van der Waals surface area contributed by atoms with Gasteiger partial charge in [0.05, 0.1) is 94.4 Å². The Morgan fingerprint density at radius 2 is 0.725 bits per heavy atom. The molecule has 0 aliphatic carbocycles. The van der Waals surface area contributed by atoms with Gasteiger partial charge in [-0.15, -0.1) is 23.5 Å². The molecule has 8 heterocycles. The Balaban J connectivity index is 0.000000195. The fraction of sp³-hybridized carbons (Fsp3) is 0.370. The van der Waals surface area contributed by atoms with Gasteiger partial charge in [0.25, 0.3) is 11.4 Å². The molecule has 6 fully saturated rings. The standard InChI is InChI=1S/2C54H62ClN6O7PS2/c2*1-39(2)60-40(3)54(71(4,65)66)52(53(60)42-13-16-45(55)17-14-42)44-9-8-10-48(36-44)58-27-25-57(26-28-58)46-18-20-47(21-19-46)59-31-34-68-69(59,64)49-22-15-43(51(37-49)61(62)63)35-41(23-24-56-29-32-67-33-30-56)38-70-50-11-6-5-7-12-50/h2*5-22,36-37,39,41H,23-35,38H2,1-4H3/t41-,69+;41-,69-/m00/s1. The second-order valence-corrected chi connectivity index (χ2v) is 49.4. The predicted molar refractivity (Wildman–Crippen MR) is 579 cm³/mol. The molecule has 18 rings (SSSR count). The average Bonchev–Trinajstić information content (AvgIpc) is 1.58. The van der Waals surface area contributed by atoms with E-state index in [0.717, 1.165) is 210 Å². The lowest BCUT2D eigenvalue weighted by Crippen LogP contribution is -2.46. The molecule has 0 bridgehead atoms. The number of nitro groups is 2. The summed E-state index contributed by atoms with van der Waals surface area (Å²) in [5.41, 5.74) is 14.7. The first-order valence-electron chi connectivity index (χ1n) is 48.7. The monoisotopic (exact) mass is 2070 g/mol. The number of anilines is 6. The predicted octanol–water partition coefficient (Wildman–Crippen LogP) is 22.1. The fourth-order valence-electron chi connectivity index (χ4n) is 20.7. The number of piperazine rings is 2. The third-order valence-corrected chi connectivity index (χ3v) is 38.3. The minimum absolute atomic E-state index is 0.00459. The number of benzene rings is 10. The molecule has 6 saturated heterocycles. The van der Waals surface area contributed by atoms with Gasteiger partial charge in [-0.2, -0.15) is 0 Å². The lowest BCUT2D eigenvalue weighted by molar-refractivity contribution is -0.385. The van der Waals surface area contributed by atoms with Gasteiger partial charge in [0.2, 0.25) is 0 Å². The molecular formula is C108H124Cl2N12O14P2S4. The summed E-state index contributed by atoms with van der Waals surface area (Å²) in [5.74, 6) is 2.00. The van der Waals surface area contributed by atoms with Crippen molar-refractivity contribution in [1.82, 2.24) is 18.9 Å². The summed E-state index contributed by atoms with van der Waals surface area (Å²) < 4.78 is 115. The summed E-state index contributed by atoms with van der Waals surface area (Å²) in [4.78, 5) is 41.9. The van der Waals surface area contributed by atoms with Crippen LogP contribution in [-0.2, 0) is 60.2 Å². The van der Waals surface area contributed by atoms with Crippen molar-refractivity contribution in [2.75, 3.05) is 197 Å².